The summed E-state index contributed by atoms with van der Waals surface area (Å²) in [6, 6.07) is 14.8. The Morgan fingerprint density at radius 1 is 1.16 bits per heavy atom. The van der Waals surface area contributed by atoms with E-state index in [9.17, 15) is 4.79 Å². The van der Waals surface area contributed by atoms with E-state index in [2.05, 4.69) is 10.3 Å². The van der Waals surface area contributed by atoms with E-state index in [1.54, 1.807) is 12.1 Å². The van der Waals surface area contributed by atoms with Crippen molar-refractivity contribution < 1.29 is 19.0 Å². The fourth-order valence-corrected chi connectivity index (χ4v) is 3.08. The molecule has 6 nitrogen and oxygen atoms in total. The van der Waals surface area contributed by atoms with Crippen LogP contribution in [0.5, 0.6) is 17.2 Å². The van der Waals surface area contributed by atoms with Gasteiger partial charge in [0.2, 0.25) is 6.79 Å². The minimum Gasteiger partial charge on any atom is -0.484 e. The summed E-state index contributed by atoms with van der Waals surface area (Å²) < 4.78 is 16.1. The first-order valence-corrected chi connectivity index (χ1v) is 8.49. The summed E-state index contributed by atoms with van der Waals surface area (Å²) in [6.45, 7) is 0.168. The fourth-order valence-electron chi connectivity index (χ4n) is 2.34. The molecule has 2 aromatic carbocycles. The topological polar surface area (TPSA) is 69.7 Å². The Labute approximate surface area is 148 Å². The zero-order valence-electron chi connectivity index (χ0n) is 13.1. The van der Waals surface area contributed by atoms with Gasteiger partial charge >= 0.3 is 0 Å². The van der Waals surface area contributed by atoms with E-state index >= 15 is 0 Å². The standard InChI is InChI=1S/C18H14N2O4S/c21-17(9-22-13-4-2-1-3-5-13)20-18-19-14(10-25-18)12-6-7-15-16(8-12)24-11-23-15/h1-8,10H,9,11H2,(H,19,20,21). The smallest absolute Gasteiger partial charge is 0.264 e. The van der Waals surface area contributed by atoms with Crippen LogP contribution in [0, 0.1) is 0 Å². The lowest BCUT2D eigenvalue weighted by Crippen LogP contribution is -2.19. The molecule has 4 rings (SSSR count). The lowest BCUT2D eigenvalue weighted by atomic mass is 10.1. The number of fused-ring (bicyclic) bond motifs is 1. The van der Waals surface area contributed by atoms with Gasteiger partial charge in [0.25, 0.3) is 5.91 Å². The third-order valence-corrected chi connectivity index (χ3v) is 4.29. The molecule has 1 aliphatic rings. The summed E-state index contributed by atoms with van der Waals surface area (Å²) in [5.74, 6) is 1.83. The first-order chi connectivity index (χ1) is 12.3. The van der Waals surface area contributed by atoms with E-state index in [0.29, 0.717) is 16.6 Å². The van der Waals surface area contributed by atoms with Crippen molar-refractivity contribution in [3.05, 3.63) is 53.9 Å². The zero-order valence-corrected chi connectivity index (χ0v) is 13.9. The highest BCUT2D eigenvalue weighted by molar-refractivity contribution is 7.14. The van der Waals surface area contributed by atoms with Crippen molar-refractivity contribution in [2.75, 3.05) is 18.7 Å². The maximum absolute atomic E-state index is 12.0. The van der Waals surface area contributed by atoms with Gasteiger partial charge in [-0.15, -0.1) is 11.3 Å². The summed E-state index contributed by atoms with van der Waals surface area (Å²) in [7, 11) is 0. The zero-order chi connectivity index (χ0) is 17.1. The Balaban J connectivity index is 1.39. The average molecular weight is 354 g/mol. The number of aromatic nitrogens is 1. The first-order valence-electron chi connectivity index (χ1n) is 7.61. The molecular weight excluding hydrogens is 340 g/mol. The predicted molar refractivity (Wildman–Crippen MR) is 94.2 cm³/mol. The van der Waals surface area contributed by atoms with E-state index in [0.717, 1.165) is 17.0 Å². The van der Waals surface area contributed by atoms with Gasteiger partial charge in [0.1, 0.15) is 5.75 Å². The SMILES string of the molecule is O=C(COc1ccccc1)Nc1nc(-c2ccc3c(c2)OCO3)cs1. The fraction of sp³-hybridized carbons (Fsp3) is 0.111. The molecule has 126 valence electrons. The molecule has 0 saturated heterocycles. The number of rotatable bonds is 5. The second-order valence-corrected chi connectivity index (χ2v) is 6.11. The molecule has 1 aliphatic heterocycles. The minimum atomic E-state index is -0.254. The number of para-hydroxylation sites is 1. The van der Waals surface area contributed by atoms with E-state index in [4.69, 9.17) is 14.2 Å². The molecule has 0 spiro atoms. The van der Waals surface area contributed by atoms with Gasteiger partial charge in [0, 0.05) is 10.9 Å². The van der Waals surface area contributed by atoms with E-state index in [1.807, 2.05) is 41.8 Å². The van der Waals surface area contributed by atoms with Crippen LogP contribution in [-0.4, -0.2) is 24.3 Å². The highest BCUT2D eigenvalue weighted by atomic mass is 32.1. The first kappa shape index (κ1) is 15.5. The van der Waals surface area contributed by atoms with E-state index < -0.39 is 0 Å². The van der Waals surface area contributed by atoms with Crippen molar-refractivity contribution in [1.29, 1.82) is 0 Å². The van der Waals surface area contributed by atoms with Crippen molar-refractivity contribution >= 4 is 22.4 Å². The quantitative estimate of drug-likeness (QED) is 0.759. The number of carbonyl (C=O) groups is 1. The van der Waals surface area contributed by atoms with Gasteiger partial charge in [-0.25, -0.2) is 4.98 Å². The van der Waals surface area contributed by atoms with Crippen LogP contribution in [-0.2, 0) is 4.79 Å². The summed E-state index contributed by atoms with van der Waals surface area (Å²) in [4.78, 5) is 16.4. The Morgan fingerprint density at radius 3 is 2.88 bits per heavy atom. The van der Waals surface area contributed by atoms with Gasteiger partial charge in [-0.2, -0.15) is 0 Å². The van der Waals surface area contributed by atoms with Crippen LogP contribution >= 0.6 is 11.3 Å². The molecule has 2 heterocycles. The number of hydrogen-bond donors (Lipinski definition) is 1. The summed E-state index contributed by atoms with van der Waals surface area (Å²) in [6.07, 6.45) is 0. The Bertz CT molecular complexity index is 895. The molecule has 1 amide bonds. The third kappa shape index (κ3) is 3.56. The minimum absolute atomic E-state index is 0.0665. The maximum atomic E-state index is 12.0. The Hall–Kier alpha value is -3.06. The summed E-state index contributed by atoms with van der Waals surface area (Å²) in [5, 5.41) is 5.14. The van der Waals surface area contributed by atoms with Gasteiger partial charge in [-0.1, -0.05) is 18.2 Å². The van der Waals surface area contributed by atoms with E-state index in [-0.39, 0.29) is 19.3 Å². The number of anilines is 1. The molecule has 1 aromatic heterocycles. The molecule has 1 N–H and O–H groups in total. The van der Waals surface area contributed by atoms with Crippen molar-refractivity contribution in [3.8, 4) is 28.5 Å². The van der Waals surface area contributed by atoms with Crippen molar-refractivity contribution in [2.24, 2.45) is 0 Å². The van der Waals surface area contributed by atoms with Crippen LogP contribution in [0.1, 0.15) is 0 Å². The maximum Gasteiger partial charge on any atom is 0.264 e. The van der Waals surface area contributed by atoms with Crippen molar-refractivity contribution in [1.82, 2.24) is 4.98 Å². The van der Waals surface area contributed by atoms with E-state index in [1.165, 1.54) is 11.3 Å². The number of amides is 1. The molecular formula is C18H14N2O4S. The summed E-state index contributed by atoms with van der Waals surface area (Å²) >= 11 is 1.36. The lowest BCUT2D eigenvalue weighted by molar-refractivity contribution is -0.118. The van der Waals surface area contributed by atoms with Crippen LogP contribution in [0.3, 0.4) is 0 Å². The Kier molecular flexibility index (Phi) is 4.22. The Morgan fingerprint density at radius 2 is 2.00 bits per heavy atom. The largest absolute Gasteiger partial charge is 0.484 e. The lowest BCUT2D eigenvalue weighted by Gasteiger charge is -2.05. The number of ether oxygens (including phenoxy) is 3. The van der Waals surface area contributed by atoms with Crippen LogP contribution < -0.4 is 19.5 Å². The number of nitrogens with zero attached hydrogens (tertiary/aromatic N) is 1. The van der Waals surface area contributed by atoms with Gasteiger partial charge in [-0.05, 0) is 30.3 Å². The van der Waals surface area contributed by atoms with Crippen LogP contribution in [0.4, 0.5) is 5.13 Å². The molecule has 0 saturated carbocycles. The molecule has 0 unspecified atom stereocenters. The number of thiazole rings is 1. The number of benzene rings is 2. The highest BCUT2D eigenvalue weighted by Crippen LogP contribution is 2.36. The van der Waals surface area contributed by atoms with Gasteiger partial charge in [-0.3, -0.25) is 10.1 Å². The number of hydrogen-bond acceptors (Lipinski definition) is 6. The number of nitrogens with one attached hydrogen (secondary N) is 1. The monoisotopic (exact) mass is 354 g/mol. The van der Waals surface area contributed by atoms with Crippen LogP contribution in [0.25, 0.3) is 11.3 Å². The molecule has 7 heteroatoms. The average Bonchev–Trinajstić information content (AvgIpc) is 3.29. The second-order valence-electron chi connectivity index (χ2n) is 5.26. The predicted octanol–water partition coefficient (Wildman–Crippen LogP) is 3.56. The molecule has 0 aliphatic carbocycles. The molecule has 0 atom stereocenters. The van der Waals surface area contributed by atoms with Gasteiger partial charge in [0.05, 0.1) is 5.69 Å². The normalized spacial score (nSPS) is 12.0. The molecule has 25 heavy (non-hydrogen) atoms. The molecule has 3 aromatic rings. The molecule has 0 radical (unpaired) electrons. The van der Waals surface area contributed by atoms with Crippen LogP contribution in [0.2, 0.25) is 0 Å². The van der Waals surface area contributed by atoms with Gasteiger partial charge < -0.3 is 14.2 Å². The van der Waals surface area contributed by atoms with Crippen LogP contribution in [0.15, 0.2) is 53.9 Å². The van der Waals surface area contributed by atoms with Crippen molar-refractivity contribution in [3.63, 3.8) is 0 Å². The van der Waals surface area contributed by atoms with Crippen molar-refractivity contribution in [2.45, 2.75) is 0 Å². The highest BCUT2D eigenvalue weighted by Gasteiger charge is 2.15. The third-order valence-electron chi connectivity index (χ3n) is 3.53. The second kappa shape index (κ2) is 6.82. The summed E-state index contributed by atoms with van der Waals surface area (Å²) in [5.41, 5.74) is 1.67. The van der Waals surface area contributed by atoms with Gasteiger partial charge in [0.15, 0.2) is 23.2 Å². The number of carbonyl (C=O) groups excluding carboxylic acids is 1. The molecule has 0 fully saturated rings. The molecule has 0 bridgehead atoms.